The van der Waals surface area contributed by atoms with Gasteiger partial charge in [0.2, 0.25) is 0 Å². The molecule has 0 radical (unpaired) electrons. The summed E-state index contributed by atoms with van der Waals surface area (Å²) in [6, 6.07) is 68.0. The first kappa shape index (κ1) is 37.5. The molecule has 0 spiro atoms. The summed E-state index contributed by atoms with van der Waals surface area (Å²) < 4.78 is 0. The van der Waals surface area contributed by atoms with E-state index in [0.717, 1.165) is 11.4 Å². The van der Waals surface area contributed by atoms with Crippen LogP contribution in [0.4, 0.5) is 0 Å². The molecule has 2 nitrogen and oxygen atoms in total. The van der Waals surface area contributed by atoms with E-state index in [9.17, 15) is 0 Å². The average molecular weight is 750 g/mol. The Balaban J connectivity index is 0.000000315. The summed E-state index contributed by atoms with van der Waals surface area (Å²) in [5.41, 5.74) is 1.83. The van der Waals surface area contributed by atoms with Crippen molar-refractivity contribution in [3.63, 3.8) is 0 Å². The van der Waals surface area contributed by atoms with Crippen LogP contribution in [-0.2, 0) is 17.1 Å². The molecule has 0 N–H and O–H groups in total. The minimum Gasteiger partial charge on any atom is -0.255 e. The van der Waals surface area contributed by atoms with Crippen molar-refractivity contribution < 1.29 is 17.1 Å². The molecule has 0 bridgehead atoms. The van der Waals surface area contributed by atoms with Crippen LogP contribution in [0.25, 0.3) is 11.4 Å². The minimum absolute atomic E-state index is 0. The summed E-state index contributed by atoms with van der Waals surface area (Å²) >= 11 is 0. The van der Waals surface area contributed by atoms with Crippen LogP contribution >= 0.6 is 23.8 Å². The number of benzene rings is 5. The van der Waals surface area contributed by atoms with Gasteiger partial charge in [-0.2, -0.15) is 0 Å². The van der Waals surface area contributed by atoms with Crippen molar-refractivity contribution in [2.24, 2.45) is 0 Å². The van der Waals surface area contributed by atoms with Gasteiger partial charge in [0.25, 0.3) is 0 Å². The zero-order valence-electron chi connectivity index (χ0n) is 28.1. The molecule has 7 rings (SSSR count). The molecular formula is C44H44FeN2P3+3. The fraction of sp³-hybridized carbons (Fsp3) is 0.0909. The van der Waals surface area contributed by atoms with E-state index in [4.69, 9.17) is 0 Å². The van der Waals surface area contributed by atoms with Gasteiger partial charge in [-0.1, -0.05) is 103 Å². The molecule has 50 heavy (non-hydrogen) atoms. The first-order valence-electron chi connectivity index (χ1n) is 17.0. The number of pyridine rings is 2. The summed E-state index contributed by atoms with van der Waals surface area (Å²) in [7, 11) is -2.31. The van der Waals surface area contributed by atoms with E-state index in [0.29, 0.717) is 0 Å². The summed E-state index contributed by atoms with van der Waals surface area (Å²) in [6.07, 6.45) is 8.77. The van der Waals surface area contributed by atoms with Gasteiger partial charge in [-0.3, -0.25) is 9.97 Å². The topological polar surface area (TPSA) is 25.8 Å². The van der Waals surface area contributed by atoms with Gasteiger partial charge < -0.3 is 0 Å². The van der Waals surface area contributed by atoms with Gasteiger partial charge in [0.05, 0.1) is 66.1 Å². The Labute approximate surface area is 312 Å². The Kier molecular flexibility index (Phi) is 15.6. The molecule has 0 fully saturated rings. The van der Waals surface area contributed by atoms with E-state index < -0.39 is 23.8 Å². The summed E-state index contributed by atoms with van der Waals surface area (Å²) in [6.45, 7) is 0. The van der Waals surface area contributed by atoms with Gasteiger partial charge >= 0.3 is 0 Å². The van der Waals surface area contributed by atoms with E-state index in [-0.39, 0.29) is 17.1 Å². The summed E-state index contributed by atoms with van der Waals surface area (Å²) in [5, 5.41) is 7.73. The Morgan fingerprint density at radius 2 is 0.580 bits per heavy atom. The third-order valence-electron chi connectivity index (χ3n) is 8.62. The molecule has 0 aliphatic heterocycles. The molecule has 7 aromatic rings. The van der Waals surface area contributed by atoms with Crippen LogP contribution in [-0.4, -0.2) is 34.6 Å². The predicted molar refractivity (Wildman–Crippen MR) is 222 cm³/mol. The van der Waals surface area contributed by atoms with Gasteiger partial charge in [0.15, 0.2) is 0 Å². The van der Waals surface area contributed by atoms with Crippen LogP contribution in [0.1, 0.15) is 0 Å². The second kappa shape index (κ2) is 20.8. The molecule has 250 valence electrons. The van der Waals surface area contributed by atoms with Gasteiger partial charge in [-0.15, -0.1) is 0 Å². The second-order valence-corrected chi connectivity index (χ2v) is 19.8. The van der Waals surface area contributed by atoms with Crippen LogP contribution in [0.2, 0.25) is 0 Å². The van der Waals surface area contributed by atoms with Crippen LogP contribution in [0.5, 0.6) is 0 Å². The van der Waals surface area contributed by atoms with Crippen molar-refractivity contribution in [1.82, 2.24) is 9.97 Å². The summed E-state index contributed by atoms with van der Waals surface area (Å²) in [4.78, 5) is 8.37. The summed E-state index contributed by atoms with van der Waals surface area (Å²) in [5.74, 6) is 0. The largest absolute Gasteiger partial charge is 0.255 e. The average Bonchev–Trinajstić information content (AvgIpc) is 3.20. The maximum absolute atomic E-state index is 4.19. The first-order valence-corrected chi connectivity index (χ1v) is 22.3. The Morgan fingerprint density at radius 1 is 0.300 bits per heavy atom. The van der Waals surface area contributed by atoms with Crippen molar-refractivity contribution in [3.05, 3.63) is 200 Å². The Morgan fingerprint density at radius 3 is 0.860 bits per heavy atom. The van der Waals surface area contributed by atoms with Crippen molar-refractivity contribution in [3.8, 4) is 11.4 Å². The third-order valence-corrected chi connectivity index (χ3v) is 18.1. The van der Waals surface area contributed by atoms with Crippen LogP contribution in [0.15, 0.2) is 200 Å². The van der Waals surface area contributed by atoms with E-state index in [1.54, 1.807) is 17.7 Å². The molecule has 0 aliphatic carbocycles. The molecule has 6 heteroatoms. The Hall–Kier alpha value is -3.79. The fourth-order valence-electron chi connectivity index (χ4n) is 6.14. The molecule has 2 heterocycles. The van der Waals surface area contributed by atoms with Crippen molar-refractivity contribution in [1.29, 1.82) is 0 Å². The SMILES string of the molecule is [Fe].c1ccc(-c2ccccn2)nc1.c1ccc([PH+](CC[PH+](c2ccccc2)c2ccccc2)CC[PH+](c2ccccc2)c2ccccc2)cc1. The van der Waals surface area contributed by atoms with E-state index >= 15 is 0 Å². The normalized spacial score (nSPS) is 10.7. The van der Waals surface area contributed by atoms with E-state index in [1.165, 1.54) is 45.9 Å². The molecule has 0 saturated heterocycles. The molecule has 0 aliphatic rings. The van der Waals surface area contributed by atoms with Crippen LogP contribution in [0.3, 0.4) is 0 Å². The molecule has 0 atom stereocenters. The molecule has 0 unspecified atom stereocenters. The number of nitrogens with zero attached hydrogens (tertiary/aromatic N) is 2. The molecule has 0 amide bonds. The third kappa shape index (κ3) is 11.1. The maximum Gasteiger partial charge on any atom is 0.100 e. The zero-order valence-corrected chi connectivity index (χ0v) is 32.2. The quantitative estimate of drug-likeness (QED) is 0.0927. The number of hydrogen-bond acceptors (Lipinski definition) is 2. The number of aromatic nitrogens is 2. The van der Waals surface area contributed by atoms with Gasteiger partial charge in [-0.05, 0) is 84.9 Å². The second-order valence-electron chi connectivity index (χ2n) is 11.8. The minimum atomic E-state index is -0.809. The maximum atomic E-state index is 4.19. The van der Waals surface area contributed by atoms with Crippen molar-refractivity contribution in [2.75, 3.05) is 24.6 Å². The number of rotatable bonds is 12. The van der Waals surface area contributed by atoms with Crippen molar-refractivity contribution >= 4 is 50.3 Å². The first-order chi connectivity index (χ1) is 24.3. The van der Waals surface area contributed by atoms with Crippen LogP contribution in [0, 0.1) is 0 Å². The standard InChI is InChI=1S/C34H33P3.C10H8N2.Fe/c1-6-16-30(17-7-1)35(26-28-36(31-18-8-2-9-19-31)32-20-10-3-11-21-32)27-29-37(33-22-12-4-13-23-33)34-24-14-5-15-25-34;1-3-7-11-9(5-1)10-6-2-4-8-12-10;/h1-25H,26-29H2;1-8H;/p+3. The monoisotopic (exact) mass is 749 g/mol. The number of hydrogen-bond donors (Lipinski definition) is 0. The van der Waals surface area contributed by atoms with Gasteiger partial charge in [0.1, 0.15) is 12.3 Å². The fourth-order valence-corrected chi connectivity index (χ4v) is 16.2. The van der Waals surface area contributed by atoms with Crippen molar-refractivity contribution in [2.45, 2.75) is 0 Å². The molecule has 2 aromatic heterocycles. The molecule has 5 aromatic carbocycles. The smallest absolute Gasteiger partial charge is 0.100 e. The van der Waals surface area contributed by atoms with Gasteiger partial charge in [0, 0.05) is 37.4 Å². The zero-order chi connectivity index (χ0) is 33.4. The van der Waals surface area contributed by atoms with Crippen LogP contribution < -0.4 is 26.5 Å². The van der Waals surface area contributed by atoms with E-state index in [2.05, 4.69) is 162 Å². The van der Waals surface area contributed by atoms with Gasteiger partial charge in [-0.25, -0.2) is 0 Å². The molecular weight excluding hydrogens is 705 g/mol. The van der Waals surface area contributed by atoms with E-state index in [1.807, 2.05) is 36.4 Å². The Bertz CT molecular complexity index is 1700. The predicted octanol–water partition coefficient (Wildman–Crippen LogP) is 8.40. The molecule has 0 saturated carbocycles.